The molecule has 1 rings (SSSR count). The number of rotatable bonds is 11. The Labute approximate surface area is 108 Å². The number of thiophene rings is 1. The van der Waals surface area contributed by atoms with Gasteiger partial charge in [0.1, 0.15) is 0 Å². The fourth-order valence-corrected chi connectivity index (χ4v) is 2.13. The van der Waals surface area contributed by atoms with E-state index in [2.05, 4.69) is 22.8 Å². The topological polar surface area (TPSA) is 30.5 Å². The van der Waals surface area contributed by atoms with Crippen molar-refractivity contribution in [3.05, 3.63) is 22.4 Å². The summed E-state index contributed by atoms with van der Waals surface area (Å²) >= 11 is 1.79. The Balaban J connectivity index is 1.76. The third-order valence-corrected chi connectivity index (χ3v) is 3.28. The van der Waals surface area contributed by atoms with Gasteiger partial charge in [-0.05, 0) is 31.3 Å². The first-order valence-corrected chi connectivity index (χ1v) is 7.20. The van der Waals surface area contributed by atoms with Crippen molar-refractivity contribution in [1.82, 2.24) is 5.32 Å². The second-order valence-electron chi connectivity index (χ2n) is 3.74. The maximum atomic E-state index is 5.55. The molecule has 1 aromatic rings. The zero-order valence-corrected chi connectivity index (χ0v) is 11.4. The highest BCUT2D eigenvalue weighted by Crippen LogP contribution is 2.08. The van der Waals surface area contributed by atoms with Gasteiger partial charge < -0.3 is 14.8 Å². The van der Waals surface area contributed by atoms with Crippen LogP contribution in [-0.2, 0) is 15.9 Å². The lowest BCUT2D eigenvalue weighted by Gasteiger charge is -2.05. The highest BCUT2D eigenvalue weighted by molar-refractivity contribution is 7.09. The largest absolute Gasteiger partial charge is 0.382 e. The number of hydrogen-bond acceptors (Lipinski definition) is 4. The van der Waals surface area contributed by atoms with Gasteiger partial charge in [0.25, 0.3) is 0 Å². The van der Waals surface area contributed by atoms with E-state index in [1.807, 2.05) is 6.92 Å². The van der Waals surface area contributed by atoms with Gasteiger partial charge in [0.2, 0.25) is 0 Å². The smallest absolute Gasteiger partial charge is 0.0591 e. The van der Waals surface area contributed by atoms with E-state index in [1.54, 1.807) is 11.3 Å². The molecule has 1 N–H and O–H groups in total. The zero-order chi connectivity index (χ0) is 12.2. The van der Waals surface area contributed by atoms with E-state index >= 15 is 0 Å². The molecule has 1 heterocycles. The summed E-state index contributed by atoms with van der Waals surface area (Å²) in [6.07, 6.45) is 2.10. The van der Waals surface area contributed by atoms with Gasteiger partial charge in [-0.1, -0.05) is 6.07 Å². The van der Waals surface area contributed by atoms with Crippen LogP contribution in [0, 0.1) is 0 Å². The van der Waals surface area contributed by atoms with Gasteiger partial charge in [0, 0.05) is 31.1 Å². The van der Waals surface area contributed by atoms with Gasteiger partial charge in [-0.15, -0.1) is 11.3 Å². The second-order valence-corrected chi connectivity index (χ2v) is 4.77. The molecular weight excluding hydrogens is 234 g/mol. The third kappa shape index (κ3) is 8.32. The van der Waals surface area contributed by atoms with Crippen molar-refractivity contribution in [2.75, 3.05) is 39.5 Å². The van der Waals surface area contributed by atoms with Crippen molar-refractivity contribution in [3.8, 4) is 0 Å². The molecule has 0 aliphatic heterocycles. The molecule has 0 amide bonds. The molecule has 0 unspecified atom stereocenters. The van der Waals surface area contributed by atoms with Crippen molar-refractivity contribution in [2.45, 2.75) is 19.8 Å². The fraction of sp³-hybridized carbons (Fsp3) is 0.692. The normalized spacial score (nSPS) is 10.9. The molecule has 0 aliphatic carbocycles. The summed E-state index contributed by atoms with van der Waals surface area (Å²) in [6, 6.07) is 4.24. The molecule has 0 radical (unpaired) electrons. The molecule has 17 heavy (non-hydrogen) atoms. The minimum absolute atomic E-state index is 0.792. The van der Waals surface area contributed by atoms with E-state index in [4.69, 9.17) is 9.47 Å². The molecule has 0 saturated heterocycles. The predicted octanol–water partition coefficient (Wildman–Crippen LogP) is 2.32. The standard InChI is InChI=1S/C13H23NO2S/c1-2-15-9-4-7-14-8-11-16-10-6-13-5-3-12-17-13/h3,5,12,14H,2,4,6-11H2,1H3. The van der Waals surface area contributed by atoms with E-state index in [9.17, 15) is 0 Å². The van der Waals surface area contributed by atoms with Crippen LogP contribution in [0.15, 0.2) is 17.5 Å². The van der Waals surface area contributed by atoms with Crippen LogP contribution < -0.4 is 5.32 Å². The van der Waals surface area contributed by atoms with Gasteiger partial charge in [-0.2, -0.15) is 0 Å². The molecule has 4 heteroatoms. The van der Waals surface area contributed by atoms with Gasteiger partial charge in [0.05, 0.1) is 13.2 Å². The van der Waals surface area contributed by atoms with Gasteiger partial charge in [-0.3, -0.25) is 0 Å². The highest BCUT2D eigenvalue weighted by atomic mass is 32.1. The van der Waals surface area contributed by atoms with Crippen LogP contribution in [0.5, 0.6) is 0 Å². The lowest BCUT2D eigenvalue weighted by molar-refractivity contribution is 0.133. The first-order chi connectivity index (χ1) is 8.43. The van der Waals surface area contributed by atoms with Crippen molar-refractivity contribution in [2.24, 2.45) is 0 Å². The van der Waals surface area contributed by atoms with Crippen LogP contribution >= 0.6 is 11.3 Å². The van der Waals surface area contributed by atoms with Gasteiger partial charge >= 0.3 is 0 Å². The second kappa shape index (κ2) is 10.7. The van der Waals surface area contributed by atoms with Crippen molar-refractivity contribution in [1.29, 1.82) is 0 Å². The van der Waals surface area contributed by atoms with Crippen LogP contribution in [0.2, 0.25) is 0 Å². The summed E-state index contributed by atoms with van der Waals surface area (Å²) in [5.41, 5.74) is 0. The average Bonchev–Trinajstić information content (AvgIpc) is 2.85. The molecule has 1 aromatic heterocycles. The number of ether oxygens (including phenoxy) is 2. The monoisotopic (exact) mass is 257 g/mol. The maximum absolute atomic E-state index is 5.55. The first kappa shape index (κ1) is 14.6. The predicted molar refractivity (Wildman–Crippen MR) is 72.8 cm³/mol. The number of hydrogen-bond donors (Lipinski definition) is 1. The summed E-state index contributed by atoms with van der Waals surface area (Å²) < 4.78 is 10.8. The van der Waals surface area contributed by atoms with Crippen LogP contribution in [0.3, 0.4) is 0 Å². The summed E-state index contributed by atoms with van der Waals surface area (Å²) in [7, 11) is 0. The van der Waals surface area contributed by atoms with Crippen LogP contribution in [0.1, 0.15) is 18.2 Å². The number of nitrogens with one attached hydrogen (secondary N) is 1. The van der Waals surface area contributed by atoms with Crippen LogP contribution in [0.4, 0.5) is 0 Å². The fourth-order valence-electron chi connectivity index (χ4n) is 1.44. The Morgan fingerprint density at radius 2 is 2.12 bits per heavy atom. The lowest BCUT2D eigenvalue weighted by Crippen LogP contribution is -2.22. The van der Waals surface area contributed by atoms with Crippen molar-refractivity contribution in [3.63, 3.8) is 0 Å². The molecule has 0 saturated carbocycles. The summed E-state index contributed by atoms with van der Waals surface area (Å²) in [6.45, 7) is 7.23. The van der Waals surface area contributed by atoms with Crippen molar-refractivity contribution < 1.29 is 9.47 Å². The Hall–Kier alpha value is -0.420. The first-order valence-electron chi connectivity index (χ1n) is 6.32. The third-order valence-electron chi connectivity index (χ3n) is 2.34. The van der Waals surface area contributed by atoms with E-state index in [0.29, 0.717) is 0 Å². The summed E-state index contributed by atoms with van der Waals surface area (Å²) in [5.74, 6) is 0. The zero-order valence-electron chi connectivity index (χ0n) is 10.6. The molecule has 0 bridgehead atoms. The molecule has 3 nitrogen and oxygen atoms in total. The molecular formula is C13H23NO2S. The lowest BCUT2D eigenvalue weighted by atomic mass is 10.4. The average molecular weight is 257 g/mol. The Morgan fingerprint density at radius 3 is 2.88 bits per heavy atom. The van der Waals surface area contributed by atoms with E-state index in [-0.39, 0.29) is 0 Å². The Morgan fingerprint density at radius 1 is 1.18 bits per heavy atom. The molecule has 0 aliphatic rings. The van der Waals surface area contributed by atoms with E-state index in [0.717, 1.165) is 52.4 Å². The Bertz CT molecular complexity index is 252. The summed E-state index contributed by atoms with van der Waals surface area (Å²) in [4.78, 5) is 1.40. The Kier molecular flexibility index (Phi) is 9.23. The van der Waals surface area contributed by atoms with Crippen LogP contribution in [-0.4, -0.2) is 39.5 Å². The van der Waals surface area contributed by atoms with E-state index < -0.39 is 0 Å². The van der Waals surface area contributed by atoms with E-state index in [1.165, 1.54) is 4.88 Å². The molecule has 0 spiro atoms. The molecule has 0 atom stereocenters. The maximum Gasteiger partial charge on any atom is 0.0591 e. The molecule has 98 valence electrons. The SMILES string of the molecule is CCOCCCNCCOCCc1cccs1. The minimum atomic E-state index is 0.792. The van der Waals surface area contributed by atoms with Gasteiger partial charge in [-0.25, -0.2) is 0 Å². The van der Waals surface area contributed by atoms with Crippen molar-refractivity contribution >= 4 is 11.3 Å². The molecule has 0 aromatic carbocycles. The molecule has 0 fully saturated rings. The summed E-state index contributed by atoms with van der Waals surface area (Å²) in [5, 5.41) is 5.44. The van der Waals surface area contributed by atoms with Crippen LogP contribution in [0.25, 0.3) is 0 Å². The van der Waals surface area contributed by atoms with Gasteiger partial charge in [0.15, 0.2) is 0 Å². The minimum Gasteiger partial charge on any atom is -0.382 e. The quantitative estimate of drug-likeness (QED) is 0.617. The highest BCUT2D eigenvalue weighted by Gasteiger charge is 1.94.